The van der Waals surface area contributed by atoms with Crippen LogP contribution in [0.3, 0.4) is 0 Å². The molecular weight excluding hydrogens is 296 g/mol. The summed E-state index contributed by atoms with van der Waals surface area (Å²) in [7, 11) is 2.03. The van der Waals surface area contributed by atoms with Crippen molar-refractivity contribution in [2.45, 2.75) is 20.8 Å². The van der Waals surface area contributed by atoms with Gasteiger partial charge >= 0.3 is 0 Å². The van der Waals surface area contributed by atoms with Crippen LogP contribution in [0.4, 0.5) is 5.69 Å². The van der Waals surface area contributed by atoms with Crippen molar-refractivity contribution >= 4 is 16.6 Å². The average molecular weight is 320 g/mol. The van der Waals surface area contributed by atoms with Crippen molar-refractivity contribution in [3.8, 4) is 11.3 Å². The monoisotopic (exact) mass is 320 g/mol. The Bertz CT molecular complexity index is 924. The summed E-state index contributed by atoms with van der Waals surface area (Å²) in [6, 6.07) is 16.1. The average Bonchev–Trinajstić information content (AvgIpc) is 2.59. The molecule has 0 unspecified atom stereocenters. The van der Waals surface area contributed by atoms with E-state index in [1.807, 2.05) is 62.5 Å². The van der Waals surface area contributed by atoms with Crippen LogP contribution in [0.5, 0.6) is 0 Å². The standard InChI is InChI=1S/C21H24N2O/c1-14(2)13-22-17-10-11-19-18(12-17)21(24)15(3)20(23(19)4)16-8-6-5-7-9-16/h5-12,14,22H,13H2,1-4H3. The van der Waals surface area contributed by atoms with Crippen LogP contribution in [0, 0.1) is 12.8 Å². The largest absolute Gasteiger partial charge is 0.385 e. The summed E-state index contributed by atoms with van der Waals surface area (Å²) in [5, 5.41) is 4.17. The van der Waals surface area contributed by atoms with Gasteiger partial charge in [0.15, 0.2) is 5.43 Å². The zero-order chi connectivity index (χ0) is 17.3. The minimum Gasteiger partial charge on any atom is -0.385 e. The van der Waals surface area contributed by atoms with E-state index in [4.69, 9.17) is 0 Å². The van der Waals surface area contributed by atoms with Crippen LogP contribution in [-0.4, -0.2) is 11.1 Å². The molecule has 24 heavy (non-hydrogen) atoms. The summed E-state index contributed by atoms with van der Waals surface area (Å²) in [5.41, 5.74) is 4.90. The van der Waals surface area contributed by atoms with E-state index in [0.29, 0.717) is 5.92 Å². The van der Waals surface area contributed by atoms with Crippen molar-refractivity contribution in [2.75, 3.05) is 11.9 Å². The molecule has 3 nitrogen and oxygen atoms in total. The Morgan fingerprint density at radius 3 is 2.46 bits per heavy atom. The summed E-state index contributed by atoms with van der Waals surface area (Å²) in [6.45, 7) is 7.15. The zero-order valence-corrected chi connectivity index (χ0v) is 14.8. The van der Waals surface area contributed by atoms with Gasteiger partial charge in [-0.05, 0) is 36.6 Å². The number of rotatable bonds is 4. The van der Waals surface area contributed by atoms with Gasteiger partial charge in [0, 0.05) is 30.2 Å². The second-order valence-electron chi connectivity index (χ2n) is 6.73. The molecule has 3 rings (SSSR count). The number of nitrogens with one attached hydrogen (secondary N) is 1. The second kappa shape index (κ2) is 6.52. The highest BCUT2D eigenvalue weighted by Gasteiger charge is 2.13. The number of fused-ring (bicyclic) bond motifs is 1. The molecule has 0 aliphatic heterocycles. The molecule has 0 atom stereocenters. The fourth-order valence-corrected chi connectivity index (χ4v) is 3.13. The number of hydrogen-bond donors (Lipinski definition) is 1. The Balaban J connectivity index is 2.19. The van der Waals surface area contributed by atoms with Gasteiger partial charge in [-0.3, -0.25) is 4.79 Å². The molecule has 0 saturated carbocycles. The lowest BCUT2D eigenvalue weighted by atomic mass is 10.0. The zero-order valence-electron chi connectivity index (χ0n) is 14.8. The summed E-state index contributed by atoms with van der Waals surface area (Å²) >= 11 is 0. The van der Waals surface area contributed by atoms with Gasteiger partial charge < -0.3 is 9.88 Å². The van der Waals surface area contributed by atoms with E-state index >= 15 is 0 Å². The fourth-order valence-electron chi connectivity index (χ4n) is 3.13. The van der Waals surface area contributed by atoms with Gasteiger partial charge in [0.1, 0.15) is 0 Å². The molecule has 0 saturated heterocycles. The lowest BCUT2D eigenvalue weighted by Gasteiger charge is -2.17. The van der Waals surface area contributed by atoms with E-state index in [1.165, 1.54) is 0 Å². The van der Waals surface area contributed by atoms with Crippen LogP contribution in [0.25, 0.3) is 22.2 Å². The smallest absolute Gasteiger partial charge is 0.193 e. The van der Waals surface area contributed by atoms with Gasteiger partial charge in [-0.15, -0.1) is 0 Å². The van der Waals surface area contributed by atoms with Crippen molar-refractivity contribution in [1.82, 2.24) is 4.57 Å². The first-order valence-electron chi connectivity index (χ1n) is 8.41. The van der Waals surface area contributed by atoms with Crippen molar-refractivity contribution < 1.29 is 0 Å². The van der Waals surface area contributed by atoms with E-state index in [2.05, 4.69) is 23.7 Å². The maximum Gasteiger partial charge on any atom is 0.193 e. The normalized spacial score (nSPS) is 11.2. The Kier molecular flexibility index (Phi) is 4.43. The lowest BCUT2D eigenvalue weighted by molar-refractivity contribution is 0.689. The van der Waals surface area contributed by atoms with Gasteiger partial charge in [0.2, 0.25) is 0 Å². The van der Waals surface area contributed by atoms with Gasteiger partial charge in [-0.25, -0.2) is 0 Å². The minimum absolute atomic E-state index is 0.107. The molecule has 0 radical (unpaired) electrons. The Hall–Kier alpha value is -2.55. The van der Waals surface area contributed by atoms with Crippen LogP contribution in [0.1, 0.15) is 19.4 Å². The molecule has 0 aliphatic carbocycles. The Morgan fingerprint density at radius 2 is 1.79 bits per heavy atom. The first kappa shape index (κ1) is 16.3. The van der Waals surface area contributed by atoms with Gasteiger partial charge in [-0.2, -0.15) is 0 Å². The maximum atomic E-state index is 12.9. The van der Waals surface area contributed by atoms with Gasteiger partial charge in [0.05, 0.1) is 11.2 Å². The van der Waals surface area contributed by atoms with Crippen LogP contribution < -0.4 is 10.7 Å². The van der Waals surface area contributed by atoms with Crippen molar-refractivity contribution in [3.05, 3.63) is 64.3 Å². The predicted molar refractivity (Wildman–Crippen MR) is 103 cm³/mol. The number of aromatic nitrogens is 1. The van der Waals surface area contributed by atoms with E-state index in [1.54, 1.807) is 0 Å². The number of aryl methyl sites for hydroxylation is 1. The molecule has 124 valence electrons. The molecule has 3 aromatic rings. The van der Waals surface area contributed by atoms with Gasteiger partial charge in [0.25, 0.3) is 0 Å². The predicted octanol–water partition coefficient (Wildman–Crippen LogP) is 4.58. The first-order chi connectivity index (χ1) is 11.5. The molecule has 1 heterocycles. The molecule has 0 bridgehead atoms. The topological polar surface area (TPSA) is 34.0 Å². The highest BCUT2D eigenvalue weighted by Crippen LogP contribution is 2.26. The third-order valence-corrected chi connectivity index (χ3v) is 4.40. The number of hydrogen-bond acceptors (Lipinski definition) is 2. The highest BCUT2D eigenvalue weighted by atomic mass is 16.1. The fraction of sp³-hybridized carbons (Fsp3) is 0.286. The summed E-state index contributed by atoms with van der Waals surface area (Å²) < 4.78 is 2.12. The highest BCUT2D eigenvalue weighted by molar-refractivity contribution is 5.86. The van der Waals surface area contributed by atoms with E-state index in [9.17, 15) is 4.79 Å². The lowest BCUT2D eigenvalue weighted by Crippen LogP contribution is -2.15. The molecule has 0 aliphatic rings. The first-order valence-corrected chi connectivity index (χ1v) is 8.41. The SMILES string of the molecule is Cc1c(-c2ccccc2)n(C)c2ccc(NCC(C)C)cc2c1=O. The van der Waals surface area contributed by atoms with Gasteiger partial charge in [-0.1, -0.05) is 44.2 Å². The molecule has 3 heteroatoms. The van der Waals surface area contributed by atoms with E-state index in [0.717, 1.165) is 40.0 Å². The molecule has 0 spiro atoms. The second-order valence-corrected chi connectivity index (χ2v) is 6.73. The minimum atomic E-state index is 0.107. The third kappa shape index (κ3) is 2.94. The number of anilines is 1. The summed E-state index contributed by atoms with van der Waals surface area (Å²) in [4.78, 5) is 12.9. The number of benzene rings is 2. The molecule has 2 aromatic carbocycles. The Morgan fingerprint density at radius 1 is 1.08 bits per heavy atom. The van der Waals surface area contributed by atoms with Crippen molar-refractivity contribution in [3.63, 3.8) is 0 Å². The third-order valence-electron chi connectivity index (χ3n) is 4.40. The van der Waals surface area contributed by atoms with E-state index < -0.39 is 0 Å². The number of pyridine rings is 1. The molecule has 1 aromatic heterocycles. The molecular formula is C21H24N2O. The van der Waals surface area contributed by atoms with Crippen molar-refractivity contribution in [2.24, 2.45) is 13.0 Å². The van der Waals surface area contributed by atoms with E-state index in [-0.39, 0.29) is 5.43 Å². The van der Waals surface area contributed by atoms with Crippen LogP contribution in [-0.2, 0) is 7.05 Å². The Labute approximate surface area is 143 Å². The maximum absolute atomic E-state index is 12.9. The number of nitrogens with zero attached hydrogens (tertiary/aromatic N) is 1. The van der Waals surface area contributed by atoms with Crippen molar-refractivity contribution in [1.29, 1.82) is 0 Å². The molecule has 0 fully saturated rings. The quantitative estimate of drug-likeness (QED) is 0.763. The molecule has 0 amide bonds. The van der Waals surface area contributed by atoms with Crippen LogP contribution in [0.15, 0.2) is 53.3 Å². The summed E-state index contributed by atoms with van der Waals surface area (Å²) in [5.74, 6) is 0.561. The van der Waals surface area contributed by atoms with Crippen LogP contribution >= 0.6 is 0 Å². The molecule has 1 N–H and O–H groups in total. The van der Waals surface area contributed by atoms with Crippen LogP contribution in [0.2, 0.25) is 0 Å². The summed E-state index contributed by atoms with van der Waals surface area (Å²) in [6.07, 6.45) is 0.